The first-order valence-corrected chi connectivity index (χ1v) is 7.02. The van der Waals surface area contributed by atoms with E-state index < -0.39 is 0 Å². The summed E-state index contributed by atoms with van der Waals surface area (Å²) in [5, 5.41) is 3.45. The first-order valence-electron chi connectivity index (χ1n) is 7.02. The Morgan fingerprint density at radius 1 is 1.30 bits per heavy atom. The Kier molecular flexibility index (Phi) is 5.18. The van der Waals surface area contributed by atoms with Crippen LogP contribution in [0.4, 0.5) is 0 Å². The van der Waals surface area contributed by atoms with E-state index >= 15 is 0 Å². The molecule has 0 amide bonds. The number of imidazole rings is 1. The molecule has 0 aliphatic heterocycles. The first-order chi connectivity index (χ1) is 9.70. The molecule has 2 rings (SSSR count). The van der Waals surface area contributed by atoms with Crippen molar-refractivity contribution < 1.29 is 4.74 Å². The molecule has 0 bridgehead atoms. The van der Waals surface area contributed by atoms with Gasteiger partial charge in [0.05, 0.1) is 25.7 Å². The fourth-order valence-electron chi connectivity index (χ4n) is 2.14. The third-order valence-corrected chi connectivity index (χ3v) is 3.19. The Hall–Kier alpha value is -1.81. The average Bonchev–Trinajstić information content (AvgIpc) is 2.86. The Bertz CT molecular complexity index is 534. The second-order valence-corrected chi connectivity index (χ2v) is 5.35. The number of hydrogen-bond donors (Lipinski definition) is 1. The molecule has 1 aromatic carbocycles. The lowest BCUT2D eigenvalue weighted by Gasteiger charge is -2.12. The first kappa shape index (κ1) is 14.6. The Morgan fingerprint density at radius 2 is 2.10 bits per heavy atom. The largest absolute Gasteiger partial charge is 0.496 e. The van der Waals surface area contributed by atoms with E-state index in [1.54, 1.807) is 7.11 Å². The van der Waals surface area contributed by atoms with Gasteiger partial charge in [-0.3, -0.25) is 0 Å². The summed E-state index contributed by atoms with van der Waals surface area (Å²) < 4.78 is 7.56. The average molecular weight is 273 g/mol. The highest BCUT2D eigenvalue weighted by atomic mass is 16.5. The van der Waals surface area contributed by atoms with Crippen molar-refractivity contribution in [3.8, 4) is 5.75 Å². The summed E-state index contributed by atoms with van der Waals surface area (Å²) in [5.41, 5.74) is 2.36. The zero-order valence-corrected chi connectivity index (χ0v) is 12.5. The maximum Gasteiger partial charge on any atom is 0.123 e. The van der Waals surface area contributed by atoms with Crippen LogP contribution in [0.3, 0.4) is 0 Å². The quantitative estimate of drug-likeness (QED) is 0.843. The number of para-hydroxylation sites is 1. The molecule has 1 aromatic heterocycles. The van der Waals surface area contributed by atoms with E-state index in [2.05, 4.69) is 34.8 Å². The normalized spacial score (nSPS) is 11.0. The third kappa shape index (κ3) is 3.84. The number of rotatable bonds is 7. The van der Waals surface area contributed by atoms with Crippen LogP contribution < -0.4 is 10.1 Å². The highest BCUT2D eigenvalue weighted by Crippen LogP contribution is 2.19. The van der Waals surface area contributed by atoms with Gasteiger partial charge in [0.25, 0.3) is 0 Å². The topological polar surface area (TPSA) is 39.1 Å². The minimum Gasteiger partial charge on any atom is -0.496 e. The van der Waals surface area contributed by atoms with Crippen molar-refractivity contribution in [2.45, 2.75) is 26.9 Å². The fourth-order valence-corrected chi connectivity index (χ4v) is 2.14. The summed E-state index contributed by atoms with van der Waals surface area (Å²) in [6, 6.07) is 8.10. The maximum atomic E-state index is 5.40. The van der Waals surface area contributed by atoms with Crippen molar-refractivity contribution in [2.24, 2.45) is 5.92 Å². The Labute approximate surface area is 120 Å². The third-order valence-electron chi connectivity index (χ3n) is 3.19. The van der Waals surface area contributed by atoms with E-state index in [4.69, 9.17) is 4.74 Å². The highest BCUT2D eigenvalue weighted by molar-refractivity contribution is 5.33. The van der Waals surface area contributed by atoms with Crippen LogP contribution in [0.15, 0.2) is 36.8 Å². The van der Waals surface area contributed by atoms with E-state index in [1.165, 1.54) is 5.69 Å². The Balaban J connectivity index is 2.04. The molecule has 4 nitrogen and oxygen atoms in total. The van der Waals surface area contributed by atoms with Crippen molar-refractivity contribution in [1.29, 1.82) is 0 Å². The van der Waals surface area contributed by atoms with Gasteiger partial charge in [0.1, 0.15) is 5.75 Å². The Morgan fingerprint density at radius 3 is 2.85 bits per heavy atom. The van der Waals surface area contributed by atoms with Gasteiger partial charge < -0.3 is 14.6 Å². The molecule has 0 atom stereocenters. The van der Waals surface area contributed by atoms with Crippen LogP contribution in [0.25, 0.3) is 0 Å². The number of aromatic nitrogens is 2. The molecule has 0 spiro atoms. The summed E-state index contributed by atoms with van der Waals surface area (Å²) in [5.74, 6) is 1.57. The second-order valence-electron chi connectivity index (χ2n) is 5.35. The van der Waals surface area contributed by atoms with Gasteiger partial charge in [0, 0.05) is 18.3 Å². The van der Waals surface area contributed by atoms with Crippen LogP contribution in [0, 0.1) is 5.92 Å². The number of ether oxygens (including phenoxy) is 1. The molecule has 1 N–H and O–H groups in total. The summed E-state index contributed by atoms with van der Waals surface area (Å²) >= 11 is 0. The molecule has 0 aliphatic rings. The predicted octanol–water partition coefficient (Wildman–Crippen LogP) is 2.69. The van der Waals surface area contributed by atoms with Crippen LogP contribution in [0.1, 0.15) is 25.1 Å². The molecule has 0 saturated heterocycles. The van der Waals surface area contributed by atoms with Crippen molar-refractivity contribution in [2.75, 3.05) is 13.7 Å². The molecule has 4 heteroatoms. The molecular formula is C16H23N3O. The van der Waals surface area contributed by atoms with Crippen LogP contribution in [-0.4, -0.2) is 23.2 Å². The van der Waals surface area contributed by atoms with Gasteiger partial charge in [-0.25, -0.2) is 4.98 Å². The van der Waals surface area contributed by atoms with Gasteiger partial charge in [0.15, 0.2) is 0 Å². The summed E-state index contributed by atoms with van der Waals surface area (Å²) in [7, 11) is 1.71. The van der Waals surface area contributed by atoms with E-state index in [0.717, 1.165) is 30.9 Å². The zero-order valence-electron chi connectivity index (χ0n) is 12.5. The lowest BCUT2D eigenvalue weighted by Crippen LogP contribution is -2.21. The van der Waals surface area contributed by atoms with Crippen LogP contribution >= 0.6 is 0 Å². The maximum absolute atomic E-state index is 5.40. The van der Waals surface area contributed by atoms with Crippen molar-refractivity contribution >= 4 is 0 Å². The number of benzene rings is 1. The molecule has 0 saturated carbocycles. The van der Waals surface area contributed by atoms with Crippen LogP contribution in [0.5, 0.6) is 5.75 Å². The summed E-state index contributed by atoms with van der Waals surface area (Å²) in [6.45, 7) is 7.05. The van der Waals surface area contributed by atoms with Gasteiger partial charge in [0.2, 0.25) is 0 Å². The smallest absolute Gasteiger partial charge is 0.123 e. The molecular weight excluding hydrogens is 250 g/mol. The van der Waals surface area contributed by atoms with E-state index in [9.17, 15) is 0 Å². The molecule has 108 valence electrons. The summed E-state index contributed by atoms with van der Waals surface area (Å²) in [4.78, 5) is 4.25. The van der Waals surface area contributed by atoms with Gasteiger partial charge in [-0.1, -0.05) is 32.0 Å². The molecule has 0 unspecified atom stereocenters. The monoisotopic (exact) mass is 273 g/mol. The molecule has 0 aliphatic carbocycles. The van der Waals surface area contributed by atoms with Gasteiger partial charge in [-0.15, -0.1) is 0 Å². The van der Waals surface area contributed by atoms with E-state index in [-0.39, 0.29) is 0 Å². The van der Waals surface area contributed by atoms with Gasteiger partial charge in [-0.05, 0) is 18.5 Å². The van der Waals surface area contributed by atoms with Crippen molar-refractivity contribution in [1.82, 2.24) is 14.9 Å². The molecule has 20 heavy (non-hydrogen) atoms. The number of nitrogens with zero attached hydrogens (tertiary/aromatic N) is 2. The minimum absolute atomic E-state index is 0.653. The summed E-state index contributed by atoms with van der Waals surface area (Å²) in [6.07, 6.45) is 3.79. The van der Waals surface area contributed by atoms with Crippen LogP contribution in [-0.2, 0) is 13.1 Å². The minimum atomic E-state index is 0.653. The van der Waals surface area contributed by atoms with Crippen LogP contribution in [0.2, 0.25) is 0 Å². The van der Waals surface area contributed by atoms with E-state index in [1.807, 2.05) is 30.7 Å². The predicted molar refractivity (Wildman–Crippen MR) is 80.9 cm³/mol. The van der Waals surface area contributed by atoms with Crippen molar-refractivity contribution in [3.05, 3.63) is 48.0 Å². The lowest BCUT2D eigenvalue weighted by molar-refractivity contribution is 0.408. The molecule has 0 fully saturated rings. The fraction of sp³-hybridized carbons (Fsp3) is 0.438. The number of hydrogen-bond acceptors (Lipinski definition) is 3. The number of methoxy groups -OCH3 is 1. The van der Waals surface area contributed by atoms with Gasteiger partial charge >= 0.3 is 0 Å². The lowest BCUT2D eigenvalue weighted by atomic mass is 10.2. The second kappa shape index (κ2) is 7.10. The van der Waals surface area contributed by atoms with E-state index in [0.29, 0.717) is 5.92 Å². The van der Waals surface area contributed by atoms with Crippen molar-refractivity contribution in [3.63, 3.8) is 0 Å². The highest BCUT2D eigenvalue weighted by Gasteiger charge is 2.06. The molecule has 0 radical (unpaired) electrons. The number of nitrogens with one attached hydrogen (secondary N) is 1. The molecule has 2 aromatic rings. The standard InChI is InChI=1S/C16H23N3O/c1-13(2)8-17-9-15-10-18-12-19(15)11-14-6-4-5-7-16(14)20-3/h4-7,10,12-13,17H,8-9,11H2,1-3H3. The van der Waals surface area contributed by atoms with Gasteiger partial charge in [-0.2, -0.15) is 0 Å². The zero-order chi connectivity index (χ0) is 14.4. The molecule has 1 heterocycles. The SMILES string of the molecule is COc1ccccc1Cn1cncc1CNCC(C)C.